The summed E-state index contributed by atoms with van der Waals surface area (Å²) in [7, 11) is 0. The molecule has 0 spiro atoms. The molecular weight excluding hydrogens is 398 g/mol. The lowest BCUT2D eigenvalue weighted by molar-refractivity contribution is -0.122. The minimum atomic E-state index is -0.558. The molecule has 0 saturated carbocycles. The lowest BCUT2D eigenvalue weighted by Gasteiger charge is -2.21. The standard InChI is InChI=1S/C22H17Cl2FN2O/c23-17-8-4-7-14(20(17)24)12-26-22(28)21-19(13-5-2-1-3-6-13)16-11-15(25)9-10-18(16)27-21/h1-11,19,21,27H,12H2,(H,26,28). The number of amides is 1. The van der Waals surface area contributed by atoms with Gasteiger partial charge in [-0.15, -0.1) is 0 Å². The smallest absolute Gasteiger partial charge is 0.243 e. The summed E-state index contributed by atoms with van der Waals surface area (Å²) in [6.07, 6.45) is 0. The van der Waals surface area contributed by atoms with Gasteiger partial charge in [0.2, 0.25) is 5.91 Å². The predicted molar refractivity (Wildman–Crippen MR) is 110 cm³/mol. The minimum Gasteiger partial charge on any atom is -0.373 e. The molecule has 0 bridgehead atoms. The quantitative estimate of drug-likeness (QED) is 0.601. The van der Waals surface area contributed by atoms with Crippen LogP contribution in [-0.4, -0.2) is 11.9 Å². The fourth-order valence-corrected chi connectivity index (χ4v) is 3.97. The van der Waals surface area contributed by atoms with E-state index < -0.39 is 6.04 Å². The second-order valence-corrected chi connectivity index (χ2v) is 7.46. The van der Waals surface area contributed by atoms with Crippen LogP contribution in [0.5, 0.6) is 0 Å². The maximum absolute atomic E-state index is 13.9. The fourth-order valence-electron chi connectivity index (χ4n) is 3.58. The summed E-state index contributed by atoms with van der Waals surface area (Å²) < 4.78 is 13.9. The van der Waals surface area contributed by atoms with Crippen molar-refractivity contribution in [3.63, 3.8) is 0 Å². The Balaban J connectivity index is 1.60. The van der Waals surface area contributed by atoms with Crippen LogP contribution in [0.25, 0.3) is 0 Å². The van der Waals surface area contributed by atoms with Crippen LogP contribution in [0, 0.1) is 5.82 Å². The molecule has 1 aliphatic heterocycles. The Bertz CT molecular complexity index is 1030. The molecule has 0 fully saturated rings. The highest BCUT2D eigenvalue weighted by molar-refractivity contribution is 6.42. The molecule has 3 nitrogen and oxygen atoms in total. The number of rotatable bonds is 4. The summed E-state index contributed by atoms with van der Waals surface area (Å²) in [4.78, 5) is 13.0. The van der Waals surface area contributed by atoms with Crippen LogP contribution in [0.15, 0.2) is 66.7 Å². The Kier molecular flexibility index (Phi) is 5.25. The molecule has 1 aliphatic rings. The zero-order valence-corrected chi connectivity index (χ0v) is 16.3. The highest BCUT2D eigenvalue weighted by Crippen LogP contribution is 2.40. The van der Waals surface area contributed by atoms with Crippen LogP contribution in [0.2, 0.25) is 10.0 Å². The molecule has 0 aliphatic carbocycles. The maximum Gasteiger partial charge on any atom is 0.243 e. The van der Waals surface area contributed by atoms with E-state index in [1.807, 2.05) is 36.4 Å². The molecular formula is C22H17Cl2FN2O. The number of carbonyl (C=O) groups is 1. The predicted octanol–water partition coefficient (Wildman–Crippen LogP) is 5.37. The number of anilines is 1. The van der Waals surface area contributed by atoms with E-state index in [4.69, 9.17) is 23.2 Å². The van der Waals surface area contributed by atoms with Crippen LogP contribution in [0.3, 0.4) is 0 Å². The second kappa shape index (κ2) is 7.82. The summed E-state index contributed by atoms with van der Waals surface area (Å²) in [5.74, 6) is -0.809. The summed E-state index contributed by atoms with van der Waals surface area (Å²) in [5.41, 5.74) is 3.21. The molecule has 1 amide bonds. The molecule has 0 aromatic heterocycles. The molecule has 6 heteroatoms. The normalized spacial score (nSPS) is 17.7. The molecule has 3 aromatic carbocycles. The van der Waals surface area contributed by atoms with Gasteiger partial charge in [-0.3, -0.25) is 4.79 Å². The average molecular weight is 415 g/mol. The molecule has 3 aromatic rings. The first-order chi connectivity index (χ1) is 13.5. The number of hydrogen-bond acceptors (Lipinski definition) is 2. The summed E-state index contributed by atoms with van der Waals surface area (Å²) in [5, 5.41) is 7.02. The van der Waals surface area contributed by atoms with Crippen molar-refractivity contribution < 1.29 is 9.18 Å². The van der Waals surface area contributed by atoms with Crippen molar-refractivity contribution in [1.82, 2.24) is 5.32 Å². The molecule has 4 rings (SSSR count). The van der Waals surface area contributed by atoms with Gasteiger partial charge in [0.05, 0.1) is 10.0 Å². The Hall–Kier alpha value is -2.56. The Morgan fingerprint density at radius 2 is 1.82 bits per heavy atom. The number of hydrogen-bond donors (Lipinski definition) is 2. The SMILES string of the molecule is O=C(NCc1cccc(Cl)c1Cl)C1Nc2ccc(F)cc2C1c1ccccc1. The third kappa shape index (κ3) is 3.58. The van der Waals surface area contributed by atoms with Gasteiger partial charge in [0, 0.05) is 18.2 Å². The van der Waals surface area contributed by atoms with Crippen molar-refractivity contribution in [3.05, 3.63) is 99.3 Å². The van der Waals surface area contributed by atoms with E-state index in [9.17, 15) is 9.18 Å². The Morgan fingerprint density at radius 1 is 1.04 bits per heavy atom. The number of halogens is 3. The van der Waals surface area contributed by atoms with Gasteiger partial charge >= 0.3 is 0 Å². The average Bonchev–Trinajstić information content (AvgIpc) is 3.08. The molecule has 0 radical (unpaired) electrons. The largest absolute Gasteiger partial charge is 0.373 e. The van der Waals surface area contributed by atoms with Gasteiger partial charge in [-0.25, -0.2) is 4.39 Å². The third-order valence-corrected chi connectivity index (χ3v) is 5.78. The van der Waals surface area contributed by atoms with Crippen molar-refractivity contribution in [2.75, 3.05) is 5.32 Å². The topological polar surface area (TPSA) is 41.1 Å². The number of carbonyl (C=O) groups excluding carboxylic acids is 1. The van der Waals surface area contributed by atoms with E-state index in [0.717, 1.165) is 22.4 Å². The molecule has 2 unspecified atom stereocenters. The molecule has 0 saturated heterocycles. The van der Waals surface area contributed by atoms with Crippen LogP contribution in [-0.2, 0) is 11.3 Å². The van der Waals surface area contributed by atoms with Crippen molar-refractivity contribution in [2.45, 2.75) is 18.5 Å². The first kappa shape index (κ1) is 18.8. The molecule has 1 heterocycles. The number of nitrogens with one attached hydrogen (secondary N) is 2. The second-order valence-electron chi connectivity index (χ2n) is 6.67. The van der Waals surface area contributed by atoms with Crippen molar-refractivity contribution in [3.8, 4) is 0 Å². The van der Waals surface area contributed by atoms with E-state index in [2.05, 4.69) is 10.6 Å². The van der Waals surface area contributed by atoms with Crippen molar-refractivity contribution >= 4 is 34.8 Å². The summed E-state index contributed by atoms with van der Waals surface area (Å²) in [6.45, 7) is 0.253. The van der Waals surface area contributed by atoms with E-state index in [-0.39, 0.29) is 24.2 Å². The van der Waals surface area contributed by atoms with Crippen LogP contribution in [0.1, 0.15) is 22.6 Å². The van der Waals surface area contributed by atoms with Crippen LogP contribution >= 0.6 is 23.2 Å². The van der Waals surface area contributed by atoms with E-state index in [1.165, 1.54) is 12.1 Å². The van der Waals surface area contributed by atoms with Crippen molar-refractivity contribution in [1.29, 1.82) is 0 Å². The van der Waals surface area contributed by atoms with Gasteiger partial charge in [-0.1, -0.05) is 65.7 Å². The highest BCUT2D eigenvalue weighted by atomic mass is 35.5. The first-order valence-corrected chi connectivity index (χ1v) is 9.61. The Morgan fingerprint density at radius 3 is 2.61 bits per heavy atom. The number of benzene rings is 3. The fraction of sp³-hybridized carbons (Fsp3) is 0.136. The lowest BCUT2D eigenvalue weighted by atomic mass is 9.87. The van der Waals surface area contributed by atoms with E-state index in [0.29, 0.717) is 10.0 Å². The highest BCUT2D eigenvalue weighted by Gasteiger charge is 2.38. The zero-order chi connectivity index (χ0) is 19.7. The maximum atomic E-state index is 13.9. The molecule has 28 heavy (non-hydrogen) atoms. The van der Waals surface area contributed by atoms with E-state index >= 15 is 0 Å². The van der Waals surface area contributed by atoms with Gasteiger partial charge in [0.25, 0.3) is 0 Å². The van der Waals surface area contributed by atoms with Crippen LogP contribution in [0.4, 0.5) is 10.1 Å². The number of fused-ring (bicyclic) bond motifs is 1. The minimum absolute atomic E-state index is 0.193. The van der Waals surface area contributed by atoms with Gasteiger partial charge in [-0.05, 0) is 41.0 Å². The summed E-state index contributed by atoms with van der Waals surface area (Å²) in [6, 6.07) is 18.9. The molecule has 2 N–H and O–H groups in total. The van der Waals surface area contributed by atoms with Gasteiger partial charge < -0.3 is 10.6 Å². The third-order valence-electron chi connectivity index (χ3n) is 4.92. The first-order valence-electron chi connectivity index (χ1n) is 8.86. The van der Waals surface area contributed by atoms with Crippen molar-refractivity contribution in [2.24, 2.45) is 0 Å². The van der Waals surface area contributed by atoms with E-state index in [1.54, 1.807) is 18.2 Å². The zero-order valence-electron chi connectivity index (χ0n) is 14.8. The molecule has 2 atom stereocenters. The molecule has 142 valence electrons. The summed E-state index contributed by atoms with van der Waals surface area (Å²) >= 11 is 12.3. The lowest BCUT2D eigenvalue weighted by Crippen LogP contribution is -2.40. The Labute approximate surface area is 172 Å². The van der Waals surface area contributed by atoms with Gasteiger partial charge in [0.1, 0.15) is 11.9 Å². The van der Waals surface area contributed by atoms with Gasteiger partial charge in [0.15, 0.2) is 0 Å². The van der Waals surface area contributed by atoms with Crippen LogP contribution < -0.4 is 10.6 Å². The van der Waals surface area contributed by atoms with Gasteiger partial charge in [-0.2, -0.15) is 0 Å². The monoisotopic (exact) mass is 414 g/mol.